The number of rotatable bonds is 10. The number of aromatic nitrogens is 3. The zero-order chi connectivity index (χ0) is 14.1. The van der Waals surface area contributed by atoms with Gasteiger partial charge < -0.3 is 5.32 Å². The van der Waals surface area contributed by atoms with Gasteiger partial charge in [0.05, 0.1) is 11.4 Å². The molecule has 0 bridgehead atoms. The summed E-state index contributed by atoms with van der Waals surface area (Å²) in [5.74, 6) is 0. The van der Waals surface area contributed by atoms with E-state index in [1.807, 2.05) is 0 Å². The Morgan fingerprint density at radius 2 is 2.16 bits per heavy atom. The Morgan fingerprint density at radius 1 is 1.37 bits per heavy atom. The first-order chi connectivity index (χ1) is 9.06. The fourth-order valence-corrected chi connectivity index (χ4v) is 2.59. The molecule has 7 nitrogen and oxygen atoms in total. The molecule has 0 radical (unpaired) electrons. The second-order valence-electron chi connectivity index (χ2n) is 4.47. The first-order valence-electron chi connectivity index (χ1n) is 6.59. The topological polar surface area (TPSA) is 88.9 Å². The summed E-state index contributed by atoms with van der Waals surface area (Å²) in [5.41, 5.74) is 0. The number of nitrogens with one attached hydrogen (secondary N) is 2. The molecule has 1 rings (SSSR count). The third-order valence-electron chi connectivity index (χ3n) is 2.73. The Hall–Kier alpha value is -0.990. The molecule has 2 N–H and O–H groups in total. The Balaban J connectivity index is 2.22. The molecule has 0 saturated heterocycles. The maximum absolute atomic E-state index is 11.9. The third-order valence-corrected chi connectivity index (χ3v) is 4.56. The molecular weight excluding hydrogens is 266 g/mol. The summed E-state index contributed by atoms with van der Waals surface area (Å²) >= 11 is 0. The number of hydrogen-bond donors (Lipinski definition) is 2. The summed E-state index contributed by atoms with van der Waals surface area (Å²) in [4.78, 5) is 0. The molecule has 0 aliphatic rings. The van der Waals surface area contributed by atoms with E-state index >= 15 is 0 Å². The largest absolute Gasteiger partial charge is 0.315 e. The summed E-state index contributed by atoms with van der Waals surface area (Å²) in [6.07, 6.45) is 5.05. The van der Waals surface area contributed by atoms with Gasteiger partial charge in [-0.15, -0.1) is 5.10 Å². The van der Waals surface area contributed by atoms with Gasteiger partial charge in [0, 0.05) is 25.8 Å². The summed E-state index contributed by atoms with van der Waals surface area (Å²) < 4.78 is 28.1. The van der Waals surface area contributed by atoms with E-state index in [-0.39, 0.29) is 0 Å². The SMILES string of the molecule is CCCNCC(C)S(=O)(=O)NCCCn1ccnn1. The molecule has 19 heavy (non-hydrogen) atoms. The van der Waals surface area contributed by atoms with E-state index in [9.17, 15) is 8.42 Å². The average molecular weight is 289 g/mol. The van der Waals surface area contributed by atoms with Crippen LogP contribution in [0.4, 0.5) is 0 Å². The van der Waals surface area contributed by atoms with Crippen molar-refractivity contribution in [3.05, 3.63) is 12.4 Å². The van der Waals surface area contributed by atoms with E-state index in [1.165, 1.54) is 0 Å². The molecule has 0 saturated carbocycles. The highest BCUT2D eigenvalue weighted by Crippen LogP contribution is 1.97. The van der Waals surface area contributed by atoms with Gasteiger partial charge in [-0.05, 0) is 26.3 Å². The molecule has 0 aliphatic carbocycles. The monoisotopic (exact) mass is 289 g/mol. The molecule has 110 valence electrons. The minimum atomic E-state index is -3.24. The van der Waals surface area contributed by atoms with Crippen molar-refractivity contribution in [3.63, 3.8) is 0 Å². The number of nitrogens with zero attached hydrogens (tertiary/aromatic N) is 3. The standard InChI is InChI=1S/C11H23N5O2S/c1-3-5-12-10-11(2)19(17,18)14-6-4-8-16-9-7-13-15-16/h7,9,11-12,14H,3-6,8,10H2,1-2H3. The molecule has 1 unspecified atom stereocenters. The van der Waals surface area contributed by atoms with Gasteiger partial charge in [0.25, 0.3) is 0 Å². The normalized spacial score (nSPS) is 13.6. The van der Waals surface area contributed by atoms with Crippen LogP contribution in [0.3, 0.4) is 0 Å². The quantitative estimate of drug-likeness (QED) is 0.591. The zero-order valence-electron chi connectivity index (χ0n) is 11.5. The molecule has 0 aliphatic heterocycles. The second kappa shape index (κ2) is 8.23. The molecule has 1 heterocycles. The van der Waals surface area contributed by atoms with Gasteiger partial charge >= 0.3 is 0 Å². The van der Waals surface area contributed by atoms with Crippen LogP contribution in [0.2, 0.25) is 0 Å². The highest BCUT2D eigenvalue weighted by Gasteiger charge is 2.19. The van der Waals surface area contributed by atoms with E-state index < -0.39 is 15.3 Å². The first-order valence-corrected chi connectivity index (χ1v) is 8.14. The minimum Gasteiger partial charge on any atom is -0.315 e. The minimum absolute atomic E-state index is 0.417. The summed E-state index contributed by atoms with van der Waals surface area (Å²) in [7, 11) is -3.24. The van der Waals surface area contributed by atoms with E-state index in [0.29, 0.717) is 26.1 Å². The fraction of sp³-hybridized carbons (Fsp3) is 0.818. The summed E-state index contributed by atoms with van der Waals surface area (Å²) in [6.45, 7) is 6.15. The van der Waals surface area contributed by atoms with Crippen LogP contribution in [-0.2, 0) is 16.6 Å². The van der Waals surface area contributed by atoms with Gasteiger partial charge in [0.15, 0.2) is 0 Å². The van der Waals surface area contributed by atoms with Crippen molar-refractivity contribution in [2.45, 2.75) is 38.5 Å². The lowest BCUT2D eigenvalue weighted by molar-refractivity contribution is 0.533. The molecule has 8 heteroatoms. The van der Waals surface area contributed by atoms with Crippen molar-refractivity contribution >= 4 is 10.0 Å². The Bertz CT molecular complexity index is 432. The van der Waals surface area contributed by atoms with Gasteiger partial charge in [-0.3, -0.25) is 4.68 Å². The third kappa shape index (κ3) is 6.13. The van der Waals surface area contributed by atoms with Crippen LogP contribution >= 0.6 is 0 Å². The van der Waals surface area contributed by atoms with Gasteiger partial charge in [0.1, 0.15) is 0 Å². The van der Waals surface area contributed by atoms with Crippen LogP contribution in [0.1, 0.15) is 26.7 Å². The van der Waals surface area contributed by atoms with Crippen LogP contribution in [0.5, 0.6) is 0 Å². The second-order valence-corrected chi connectivity index (χ2v) is 6.66. The van der Waals surface area contributed by atoms with Crippen molar-refractivity contribution in [3.8, 4) is 0 Å². The van der Waals surface area contributed by atoms with Crippen LogP contribution in [-0.4, -0.2) is 48.3 Å². The Kier molecular flexibility index (Phi) is 6.96. The first kappa shape index (κ1) is 16.1. The summed E-state index contributed by atoms with van der Waals surface area (Å²) in [6, 6.07) is 0. The Labute approximate surface area is 114 Å². The van der Waals surface area contributed by atoms with Gasteiger partial charge in [-0.1, -0.05) is 12.1 Å². The lowest BCUT2D eigenvalue weighted by atomic mass is 10.4. The van der Waals surface area contributed by atoms with Gasteiger partial charge in [-0.2, -0.15) is 0 Å². The van der Waals surface area contributed by atoms with Crippen molar-refractivity contribution in [2.75, 3.05) is 19.6 Å². The van der Waals surface area contributed by atoms with E-state index in [4.69, 9.17) is 0 Å². The molecule has 1 aromatic heterocycles. The van der Waals surface area contributed by atoms with E-state index in [1.54, 1.807) is 24.0 Å². The maximum atomic E-state index is 11.9. The Morgan fingerprint density at radius 3 is 2.79 bits per heavy atom. The van der Waals surface area contributed by atoms with Crippen molar-refractivity contribution in [1.29, 1.82) is 0 Å². The molecule has 1 aromatic rings. The summed E-state index contributed by atoms with van der Waals surface area (Å²) in [5, 5.41) is 10.2. The lowest BCUT2D eigenvalue weighted by Gasteiger charge is -2.14. The molecule has 0 spiro atoms. The highest BCUT2D eigenvalue weighted by atomic mass is 32.2. The molecule has 0 fully saturated rings. The van der Waals surface area contributed by atoms with Crippen LogP contribution in [0.25, 0.3) is 0 Å². The molecule has 1 atom stereocenters. The molecule has 0 amide bonds. The smallest absolute Gasteiger partial charge is 0.215 e. The van der Waals surface area contributed by atoms with Crippen LogP contribution < -0.4 is 10.0 Å². The van der Waals surface area contributed by atoms with Crippen molar-refractivity contribution in [1.82, 2.24) is 25.0 Å². The predicted molar refractivity (Wildman–Crippen MR) is 74.2 cm³/mol. The number of aryl methyl sites for hydroxylation is 1. The van der Waals surface area contributed by atoms with Gasteiger partial charge in [0.2, 0.25) is 10.0 Å². The molecule has 0 aromatic carbocycles. The average Bonchev–Trinajstić information content (AvgIpc) is 2.88. The van der Waals surface area contributed by atoms with E-state index in [2.05, 4.69) is 27.3 Å². The number of hydrogen-bond acceptors (Lipinski definition) is 5. The van der Waals surface area contributed by atoms with E-state index in [0.717, 1.165) is 13.0 Å². The highest BCUT2D eigenvalue weighted by molar-refractivity contribution is 7.90. The lowest BCUT2D eigenvalue weighted by Crippen LogP contribution is -2.39. The maximum Gasteiger partial charge on any atom is 0.215 e. The van der Waals surface area contributed by atoms with Crippen LogP contribution in [0.15, 0.2) is 12.4 Å². The number of sulfonamides is 1. The fourth-order valence-electron chi connectivity index (χ4n) is 1.54. The van der Waals surface area contributed by atoms with Crippen molar-refractivity contribution < 1.29 is 8.42 Å². The zero-order valence-corrected chi connectivity index (χ0v) is 12.4. The van der Waals surface area contributed by atoms with Crippen LogP contribution in [0, 0.1) is 0 Å². The molecular formula is C11H23N5O2S. The van der Waals surface area contributed by atoms with Crippen molar-refractivity contribution in [2.24, 2.45) is 0 Å². The predicted octanol–water partition coefficient (Wildman–Crippen LogP) is -0.0243. The van der Waals surface area contributed by atoms with Gasteiger partial charge in [-0.25, -0.2) is 13.1 Å².